The Kier molecular flexibility index (Phi) is 6.76. The van der Waals surface area contributed by atoms with E-state index < -0.39 is 48.6 Å². The third kappa shape index (κ3) is 5.40. The number of aliphatic hydroxyl groups is 1. The van der Waals surface area contributed by atoms with E-state index in [1.807, 2.05) is 0 Å². The van der Waals surface area contributed by atoms with Gasteiger partial charge in [-0.2, -0.15) is 0 Å². The number of hydrogen-bond donors (Lipinski definition) is 1. The molecule has 1 N–H and O–H groups in total. The van der Waals surface area contributed by atoms with E-state index in [1.165, 1.54) is 0 Å². The van der Waals surface area contributed by atoms with Crippen LogP contribution in [0.2, 0.25) is 0 Å². The standard InChI is InChI=1S/C12H17N3O8/c1-5(16)20-4-8-10(21-6(2)17)11(22-7(3)18)9(14-15-13)12(19)23-8/h8-12,19H,4H2,1-3H3/t8-,9?,10-,11-,12?/m1/s1. The quantitative estimate of drug-likeness (QED) is 0.239. The molecule has 1 fully saturated rings. The highest BCUT2D eigenvalue weighted by atomic mass is 16.7. The summed E-state index contributed by atoms with van der Waals surface area (Å²) in [6.07, 6.45) is -5.26. The van der Waals surface area contributed by atoms with Gasteiger partial charge in [-0.05, 0) is 5.53 Å². The number of rotatable bonds is 5. The molecule has 0 aromatic rings. The molecule has 0 bridgehead atoms. The van der Waals surface area contributed by atoms with E-state index in [4.69, 9.17) is 24.5 Å². The Balaban J connectivity index is 3.11. The number of carbonyl (C=O) groups is 3. The van der Waals surface area contributed by atoms with Gasteiger partial charge < -0.3 is 24.1 Å². The van der Waals surface area contributed by atoms with Crippen LogP contribution in [0.15, 0.2) is 5.11 Å². The second kappa shape index (κ2) is 8.32. The van der Waals surface area contributed by atoms with Gasteiger partial charge in [-0.25, -0.2) is 0 Å². The van der Waals surface area contributed by atoms with Crippen molar-refractivity contribution < 1.29 is 38.4 Å². The van der Waals surface area contributed by atoms with Gasteiger partial charge in [0.2, 0.25) is 0 Å². The summed E-state index contributed by atoms with van der Waals surface area (Å²) in [6.45, 7) is 3.01. The Morgan fingerprint density at radius 2 is 1.70 bits per heavy atom. The van der Waals surface area contributed by atoms with Crippen molar-refractivity contribution in [3.63, 3.8) is 0 Å². The van der Waals surface area contributed by atoms with Crippen molar-refractivity contribution in [2.24, 2.45) is 5.11 Å². The van der Waals surface area contributed by atoms with E-state index >= 15 is 0 Å². The lowest BCUT2D eigenvalue weighted by atomic mass is 9.97. The summed E-state index contributed by atoms with van der Waals surface area (Å²) in [7, 11) is 0. The molecule has 1 rings (SSSR count). The highest BCUT2D eigenvalue weighted by Gasteiger charge is 2.49. The van der Waals surface area contributed by atoms with Gasteiger partial charge in [0.05, 0.1) is 0 Å². The summed E-state index contributed by atoms with van der Waals surface area (Å²) in [5.41, 5.74) is 8.57. The van der Waals surface area contributed by atoms with Gasteiger partial charge in [0.1, 0.15) is 18.8 Å². The van der Waals surface area contributed by atoms with Crippen LogP contribution in [0.3, 0.4) is 0 Å². The molecule has 0 saturated carbocycles. The highest BCUT2D eigenvalue weighted by molar-refractivity contribution is 5.67. The fraction of sp³-hybridized carbons (Fsp3) is 0.750. The van der Waals surface area contributed by atoms with Gasteiger partial charge in [-0.1, -0.05) is 5.11 Å². The summed E-state index contributed by atoms with van der Waals surface area (Å²) in [5.74, 6) is -2.09. The number of esters is 3. The Morgan fingerprint density at radius 3 is 2.17 bits per heavy atom. The number of hydrogen-bond acceptors (Lipinski definition) is 9. The maximum absolute atomic E-state index is 11.3. The van der Waals surface area contributed by atoms with E-state index in [9.17, 15) is 19.5 Å². The second-order valence-corrected chi connectivity index (χ2v) is 4.71. The van der Waals surface area contributed by atoms with Gasteiger partial charge in [-0.15, -0.1) is 0 Å². The maximum Gasteiger partial charge on any atom is 0.303 e. The van der Waals surface area contributed by atoms with Crippen LogP contribution in [0, 0.1) is 0 Å². The van der Waals surface area contributed by atoms with Crippen molar-refractivity contribution in [2.75, 3.05) is 6.61 Å². The van der Waals surface area contributed by atoms with E-state index in [-0.39, 0.29) is 6.61 Å². The van der Waals surface area contributed by atoms with Crippen LogP contribution in [0.25, 0.3) is 10.4 Å². The van der Waals surface area contributed by atoms with Gasteiger partial charge in [0, 0.05) is 25.7 Å². The number of ether oxygens (including phenoxy) is 4. The zero-order chi connectivity index (χ0) is 17.6. The molecular formula is C12H17N3O8. The largest absolute Gasteiger partial charge is 0.463 e. The monoisotopic (exact) mass is 331 g/mol. The van der Waals surface area contributed by atoms with Gasteiger partial charge in [0.25, 0.3) is 0 Å². The number of azide groups is 1. The molecule has 5 atom stereocenters. The zero-order valence-electron chi connectivity index (χ0n) is 12.7. The summed E-state index contributed by atoms with van der Waals surface area (Å²) in [4.78, 5) is 36.0. The molecule has 0 aromatic carbocycles. The summed E-state index contributed by atoms with van der Waals surface area (Å²) >= 11 is 0. The Hall–Kier alpha value is -2.36. The molecule has 2 unspecified atom stereocenters. The predicted octanol–water partition coefficient (Wildman–Crippen LogP) is -0.191. The average molecular weight is 331 g/mol. The Bertz CT molecular complexity index is 518. The van der Waals surface area contributed by atoms with E-state index in [0.717, 1.165) is 20.8 Å². The molecule has 11 nitrogen and oxygen atoms in total. The molecule has 0 radical (unpaired) electrons. The molecule has 0 aromatic heterocycles. The lowest BCUT2D eigenvalue weighted by Crippen LogP contribution is -2.60. The minimum atomic E-state index is -1.64. The van der Waals surface area contributed by atoms with Crippen molar-refractivity contribution in [3.05, 3.63) is 10.4 Å². The number of carbonyl (C=O) groups excluding carboxylic acids is 3. The zero-order valence-corrected chi connectivity index (χ0v) is 12.7. The minimum Gasteiger partial charge on any atom is -0.463 e. The first-order valence-electron chi connectivity index (χ1n) is 6.61. The lowest BCUT2D eigenvalue weighted by molar-refractivity contribution is -0.260. The summed E-state index contributed by atoms with van der Waals surface area (Å²) in [6, 6.07) is -1.33. The third-order valence-corrected chi connectivity index (χ3v) is 2.87. The Morgan fingerprint density at radius 1 is 1.13 bits per heavy atom. The first-order valence-corrected chi connectivity index (χ1v) is 6.61. The van der Waals surface area contributed by atoms with Gasteiger partial charge in [0.15, 0.2) is 18.5 Å². The number of nitrogens with zero attached hydrogens (tertiary/aromatic N) is 3. The molecule has 1 aliphatic rings. The van der Waals surface area contributed by atoms with E-state index in [1.54, 1.807) is 0 Å². The van der Waals surface area contributed by atoms with Crippen molar-refractivity contribution in [2.45, 2.75) is 51.4 Å². The molecule has 1 saturated heterocycles. The van der Waals surface area contributed by atoms with Crippen LogP contribution in [0.4, 0.5) is 0 Å². The van der Waals surface area contributed by atoms with Crippen LogP contribution in [-0.4, -0.2) is 60.3 Å². The van der Waals surface area contributed by atoms with Crippen LogP contribution < -0.4 is 0 Å². The fourth-order valence-electron chi connectivity index (χ4n) is 2.08. The molecule has 1 aliphatic heterocycles. The first-order chi connectivity index (χ1) is 10.8. The molecule has 23 heavy (non-hydrogen) atoms. The SMILES string of the molecule is CC(=O)OC[C@H]1OC(O)C(N=[N+]=[N-])[C@@H](OC(C)=O)[C@@H]1OC(C)=O. The third-order valence-electron chi connectivity index (χ3n) is 2.87. The molecule has 11 heteroatoms. The molecule has 0 spiro atoms. The van der Waals surface area contributed by atoms with E-state index in [0.29, 0.717) is 0 Å². The van der Waals surface area contributed by atoms with Crippen molar-refractivity contribution >= 4 is 17.9 Å². The summed E-state index contributed by atoms with van der Waals surface area (Å²) in [5, 5.41) is 13.2. The minimum absolute atomic E-state index is 0.356. The molecule has 0 amide bonds. The maximum atomic E-state index is 11.3. The highest BCUT2D eigenvalue weighted by Crippen LogP contribution is 2.28. The van der Waals surface area contributed by atoms with E-state index in [2.05, 4.69) is 10.0 Å². The van der Waals surface area contributed by atoms with Crippen LogP contribution in [0.5, 0.6) is 0 Å². The smallest absolute Gasteiger partial charge is 0.303 e. The lowest BCUT2D eigenvalue weighted by Gasteiger charge is -2.41. The fourth-order valence-corrected chi connectivity index (χ4v) is 2.08. The second-order valence-electron chi connectivity index (χ2n) is 4.71. The number of aliphatic hydroxyl groups excluding tert-OH is 1. The first kappa shape index (κ1) is 18.7. The molecule has 1 heterocycles. The van der Waals surface area contributed by atoms with Gasteiger partial charge in [-0.3, -0.25) is 14.4 Å². The van der Waals surface area contributed by atoms with Crippen LogP contribution in [-0.2, 0) is 33.3 Å². The van der Waals surface area contributed by atoms with Crippen molar-refractivity contribution in [1.29, 1.82) is 0 Å². The topological polar surface area (TPSA) is 157 Å². The molecule has 0 aliphatic carbocycles. The Labute approximate surface area is 131 Å². The molecule has 128 valence electrons. The predicted molar refractivity (Wildman–Crippen MR) is 71.6 cm³/mol. The van der Waals surface area contributed by atoms with Crippen molar-refractivity contribution in [3.8, 4) is 0 Å². The van der Waals surface area contributed by atoms with Crippen LogP contribution in [0.1, 0.15) is 20.8 Å². The van der Waals surface area contributed by atoms with Gasteiger partial charge >= 0.3 is 17.9 Å². The van der Waals surface area contributed by atoms with Crippen LogP contribution >= 0.6 is 0 Å². The summed E-state index contributed by atoms with van der Waals surface area (Å²) < 4.78 is 20.0. The molecular weight excluding hydrogens is 314 g/mol. The normalized spacial score (nSPS) is 29.8. The average Bonchev–Trinajstić information content (AvgIpc) is 2.42. The van der Waals surface area contributed by atoms with Crippen molar-refractivity contribution in [1.82, 2.24) is 0 Å².